The minimum atomic E-state index is -0.0971. The van der Waals surface area contributed by atoms with Crippen molar-refractivity contribution in [3.63, 3.8) is 0 Å². The van der Waals surface area contributed by atoms with Crippen LogP contribution in [0.15, 0.2) is 76.7 Å². The maximum atomic E-state index is 14.2. The molecule has 0 aliphatic heterocycles. The summed E-state index contributed by atoms with van der Waals surface area (Å²) in [5.41, 5.74) is 6.27. The fraction of sp³-hybridized carbons (Fsp3) is 0.333. The minimum absolute atomic E-state index is 0.0971. The van der Waals surface area contributed by atoms with Gasteiger partial charge in [-0.05, 0) is 43.9 Å². The molecule has 0 radical (unpaired) electrons. The molecule has 158 valence electrons. The van der Waals surface area contributed by atoms with Crippen LogP contribution in [0, 0.1) is 0 Å². The van der Waals surface area contributed by atoms with Crippen LogP contribution < -0.4 is 5.56 Å². The third kappa shape index (κ3) is 3.57. The number of thioether (sulfide) groups is 1. The van der Waals surface area contributed by atoms with Crippen molar-refractivity contribution in [2.24, 2.45) is 0 Å². The zero-order valence-corrected chi connectivity index (χ0v) is 18.9. The molecule has 1 saturated carbocycles. The SMILES string of the molecule is C=C(C)CSc1nc2c(c(=O)n1-c1ccccc1)C1(CCCCC1)Cc1ccccc1-2. The number of benzene rings is 2. The van der Waals surface area contributed by atoms with Crippen molar-refractivity contribution in [3.05, 3.63) is 88.2 Å². The quantitative estimate of drug-likeness (QED) is 0.277. The normalized spacial score (nSPS) is 16.5. The van der Waals surface area contributed by atoms with Gasteiger partial charge in [0.05, 0.1) is 16.9 Å². The van der Waals surface area contributed by atoms with E-state index in [4.69, 9.17) is 4.98 Å². The van der Waals surface area contributed by atoms with Gasteiger partial charge in [-0.1, -0.05) is 85.6 Å². The molecule has 1 fully saturated rings. The van der Waals surface area contributed by atoms with E-state index in [0.717, 1.165) is 58.3 Å². The number of hydrogen-bond acceptors (Lipinski definition) is 3. The van der Waals surface area contributed by atoms with E-state index in [1.807, 2.05) is 41.8 Å². The van der Waals surface area contributed by atoms with E-state index in [0.29, 0.717) is 0 Å². The summed E-state index contributed by atoms with van der Waals surface area (Å²) in [5, 5.41) is 0.751. The molecule has 4 heteroatoms. The van der Waals surface area contributed by atoms with Crippen LogP contribution in [0.3, 0.4) is 0 Å². The fourth-order valence-corrected chi connectivity index (χ4v) is 6.13. The molecule has 1 spiro atoms. The number of para-hydroxylation sites is 1. The van der Waals surface area contributed by atoms with E-state index < -0.39 is 0 Å². The molecular formula is C27H28N2OS. The van der Waals surface area contributed by atoms with Crippen molar-refractivity contribution in [1.82, 2.24) is 9.55 Å². The van der Waals surface area contributed by atoms with Crippen LogP contribution in [0.4, 0.5) is 0 Å². The highest BCUT2D eigenvalue weighted by Crippen LogP contribution is 2.49. The molecule has 0 atom stereocenters. The Bertz CT molecular complexity index is 1190. The average molecular weight is 429 g/mol. The van der Waals surface area contributed by atoms with Gasteiger partial charge in [0.1, 0.15) is 0 Å². The third-order valence-corrected chi connectivity index (χ3v) is 7.83. The molecule has 2 aliphatic carbocycles. The van der Waals surface area contributed by atoms with Crippen LogP contribution in [-0.2, 0) is 11.8 Å². The van der Waals surface area contributed by atoms with E-state index in [1.165, 1.54) is 24.8 Å². The standard InChI is InChI=1S/C27H28N2OS/c1-19(2)18-31-26-28-24-22-14-8-7-11-20(22)17-27(15-9-4-10-16-27)23(24)25(30)29(26)21-12-5-3-6-13-21/h3,5-8,11-14H,1,4,9-10,15-18H2,2H3. The van der Waals surface area contributed by atoms with E-state index in [-0.39, 0.29) is 11.0 Å². The van der Waals surface area contributed by atoms with Gasteiger partial charge in [-0.15, -0.1) is 0 Å². The van der Waals surface area contributed by atoms with Gasteiger partial charge in [0, 0.05) is 16.7 Å². The Labute approximate surface area is 188 Å². The molecule has 0 saturated heterocycles. The first-order chi connectivity index (χ1) is 15.1. The van der Waals surface area contributed by atoms with E-state index in [9.17, 15) is 4.79 Å². The lowest BCUT2D eigenvalue weighted by Crippen LogP contribution is -2.42. The van der Waals surface area contributed by atoms with Crippen molar-refractivity contribution in [3.8, 4) is 16.9 Å². The van der Waals surface area contributed by atoms with Crippen LogP contribution in [0.5, 0.6) is 0 Å². The predicted octanol–water partition coefficient (Wildman–Crippen LogP) is 6.33. The summed E-state index contributed by atoms with van der Waals surface area (Å²) in [5.74, 6) is 0.741. The molecule has 2 aromatic carbocycles. The zero-order valence-electron chi connectivity index (χ0n) is 18.1. The monoisotopic (exact) mass is 428 g/mol. The maximum absolute atomic E-state index is 14.2. The van der Waals surface area contributed by atoms with E-state index >= 15 is 0 Å². The molecular weight excluding hydrogens is 400 g/mol. The Morgan fingerprint density at radius 1 is 1.06 bits per heavy atom. The van der Waals surface area contributed by atoms with Crippen LogP contribution in [0.1, 0.15) is 50.2 Å². The molecule has 0 N–H and O–H groups in total. The number of nitrogens with zero attached hydrogens (tertiary/aromatic N) is 2. The maximum Gasteiger partial charge on any atom is 0.263 e. The summed E-state index contributed by atoms with van der Waals surface area (Å²) in [6, 6.07) is 18.5. The molecule has 3 aromatic rings. The smallest absolute Gasteiger partial charge is 0.263 e. The predicted molar refractivity (Wildman–Crippen MR) is 129 cm³/mol. The summed E-state index contributed by atoms with van der Waals surface area (Å²) in [6.45, 7) is 6.07. The van der Waals surface area contributed by atoms with Gasteiger partial charge in [0.25, 0.3) is 5.56 Å². The lowest BCUT2D eigenvalue weighted by atomic mass is 9.62. The Morgan fingerprint density at radius 2 is 1.77 bits per heavy atom. The Balaban J connectivity index is 1.81. The van der Waals surface area contributed by atoms with Crippen LogP contribution in [0.2, 0.25) is 0 Å². The van der Waals surface area contributed by atoms with Crippen molar-refractivity contribution in [2.75, 3.05) is 5.75 Å². The van der Waals surface area contributed by atoms with Gasteiger partial charge in [-0.2, -0.15) is 0 Å². The second kappa shape index (κ2) is 8.16. The highest BCUT2D eigenvalue weighted by Gasteiger charge is 2.43. The van der Waals surface area contributed by atoms with Crippen molar-refractivity contribution in [2.45, 2.75) is 56.0 Å². The van der Waals surface area contributed by atoms with Gasteiger partial charge in [-0.25, -0.2) is 4.98 Å². The van der Waals surface area contributed by atoms with Crippen LogP contribution in [0.25, 0.3) is 16.9 Å². The van der Waals surface area contributed by atoms with Crippen LogP contribution in [-0.4, -0.2) is 15.3 Å². The van der Waals surface area contributed by atoms with Gasteiger partial charge in [0.15, 0.2) is 5.16 Å². The highest BCUT2D eigenvalue weighted by atomic mass is 32.2. The number of aromatic nitrogens is 2. The van der Waals surface area contributed by atoms with Crippen molar-refractivity contribution < 1.29 is 0 Å². The number of hydrogen-bond donors (Lipinski definition) is 0. The summed E-state index contributed by atoms with van der Waals surface area (Å²) in [6.07, 6.45) is 6.69. The Morgan fingerprint density at radius 3 is 2.52 bits per heavy atom. The zero-order chi connectivity index (χ0) is 21.4. The van der Waals surface area contributed by atoms with Gasteiger partial charge in [-0.3, -0.25) is 9.36 Å². The lowest BCUT2D eigenvalue weighted by Gasteiger charge is -2.42. The second-order valence-corrected chi connectivity index (χ2v) is 9.96. The van der Waals surface area contributed by atoms with Crippen LogP contribution >= 0.6 is 11.8 Å². The molecule has 0 unspecified atom stereocenters. The molecule has 3 nitrogen and oxygen atoms in total. The van der Waals surface area contributed by atoms with E-state index in [1.54, 1.807) is 11.8 Å². The minimum Gasteiger partial charge on any atom is -0.268 e. The molecule has 5 rings (SSSR count). The molecule has 2 aliphatic rings. The Hall–Kier alpha value is -2.59. The first-order valence-corrected chi connectivity index (χ1v) is 12.2. The molecule has 0 bridgehead atoms. The summed E-state index contributed by atoms with van der Waals surface area (Å²) < 4.78 is 1.84. The molecule has 1 heterocycles. The number of fused-ring (bicyclic) bond motifs is 4. The van der Waals surface area contributed by atoms with Crippen molar-refractivity contribution >= 4 is 11.8 Å². The molecule has 1 aromatic heterocycles. The summed E-state index contributed by atoms with van der Waals surface area (Å²) in [4.78, 5) is 19.4. The lowest BCUT2D eigenvalue weighted by molar-refractivity contribution is 0.283. The van der Waals surface area contributed by atoms with Crippen molar-refractivity contribution in [1.29, 1.82) is 0 Å². The van der Waals surface area contributed by atoms with Gasteiger partial charge in [0.2, 0.25) is 0 Å². The topological polar surface area (TPSA) is 34.9 Å². The van der Waals surface area contributed by atoms with E-state index in [2.05, 4.69) is 30.8 Å². The second-order valence-electron chi connectivity index (χ2n) is 9.01. The highest BCUT2D eigenvalue weighted by molar-refractivity contribution is 7.99. The third-order valence-electron chi connectivity index (χ3n) is 6.66. The summed E-state index contributed by atoms with van der Waals surface area (Å²) >= 11 is 1.60. The van der Waals surface area contributed by atoms with Gasteiger partial charge >= 0.3 is 0 Å². The fourth-order valence-electron chi connectivity index (χ4n) is 5.28. The van der Waals surface area contributed by atoms with Gasteiger partial charge < -0.3 is 0 Å². The summed E-state index contributed by atoms with van der Waals surface area (Å²) in [7, 11) is 0. The molecule has 0 amide bonds. The number of rotatable bonds is 4. The molecule has 31 heavy (non-hydrogen) atoms. The largest absolute Gasteiger partial charge is 0.268 e. The average Bonchev–Trinajstić information content (AvgIpc) is 2.78. The first kappa shape index (κ1) is 20.3. The first-order valence-electron chi connectivity index (χ1n) is 11.2. The Kier molecular flexibility index (Phi) is 5.35.